The average Bonchev–Trinajstić information content (AvgIpc) is 2.59. The van der Waals surface area contributed by atoms with Crippen LogP contribution in [0.5, 0.6) is 0 Å². The van der Waals surface area contributed by atoms with E-state index in [2.05, 4.69) is 17.6 Å². The van der Waals surface area contributed by atoms with Gasteiger partial charge in [0.1, 0.15) is 6.54 Å². The number of rotatable bonds is 14. The third kappa shape index (κ3) is 12.5. The first-order valence-electron chi connectivity index (χ1n) is 9.76. The molecule has 136 valence electrons. The summed E-state index contributed by atoms with van der Waals surface area (Å²) >= 11 is 0. The minimum Gasteiger partial charge on any atom is -1.00 e. The number of nitrogens with zero attached hydrogens (tertiary/aromatic N) is 2. The Kier molecular flexibility index (Phi) is 16.3. The number of aryl methyl sites for hydroxylation is 1. The fourth-order valence-electron chi connectivity index (χ4n) is 2.99. The van der Waals surface area contributed by atoms with E-state index in [1.54, 1.807) is 0 Å². The van der Waals surface area contributed by atoms with Crippen molar-refractivity contribution in [3.63, 3.8) is 0 Å². The maximum absolute atomic E-state index is 8.77. The Bertz CT molecular complexity index is 422. The molecular formula is C21H35BrN2. The third-order valence-electron chi connectivity index (χ3n) is 4.54. The molecule has 1 rings (SSSR count). The van der Waals surface area contributed by atoms with Gasteiger partial charge in [0.05, 0.1) is 11.6 Å². The Morgan fingerprint density at radius 2 is 1.17 bits per heavy atom. The van der Waals surface area contributed by atoms with Gasteiger partial charge in [0.15, 0.2) is 12.4 Å². The van der Waals surface area contributed by atoms with Gasteiger partial charge in [-0.15, -0.1) is 0 Å². The van der Waals surface area contributed by atoms with Crippen LogP contribution in [0.15, 0.2) is 24.5 Å². The van der Waals surface area contributed by atoms with Crippen molar-refractivity contribution in [1.82, 2.24) is 0 Å². The summed E-state index contributed by atoms with van der Waals surface area (Å²) in [5, 5.41) is 8.77. The van der Waals surface area contributed by atoms with Crippen LogP contribution in [0.25, 0.3) is 0 Å². The summed E-state index contributed by atoms with van der Waals surface area (Å²) in [6, 6.07) is 5.94. The smallest absolute Gasteiger partial charge is 0.170 e. The molecule has 3 heteroatoms. The zero-order valence-corrected chi connectivity index (χ0v) is 17.1. The largest absolute Gasteiger partial charge is 1.00 e. The number of unbranched alkanes of at least 4 members (excludes halogenated alkanes) is 12. The molecule has 0 radical (unpaired) electrons. The second-order valence-corrected chi connectivity index (χ2v) is 6.68. The van der Waals surface area contributed by atoms with E-state index in [-0.39, 0.29) is 17.0 Å². The number of hydrogen-bond donors (Lipinski definition) is 0. The normalized spacial score (nSPS) is 10.2. The zero-order chi connectivity index (χ0) is 16.6. The molecule has 0 amide bonds. The van der Waals surface area contributed by atoms with Gasteiger partial charge in [0, 0.05) is 18.6 Å². The highest BCUT2D eigenvalue weighted by Gasteiger charge is 2.00. The summed E-state index contributed by atoms with van der Waals surface area (Å²) < 4.78 is 2.18. The van der Waals surface area contributed by atoms with Crippen molar-refractivity contribution in [3.05, 3.63) is 30.1 Å². The van der Waals surface area contributed by atoms with Crippen LogP contribution in [-0.2, 0) is 6.54 Å². The number of aromatic nitrogens is 1. The van der Waals surface area contributed by atoms with E-state index in [0.717, 1.165) is 12.1 Å². The van der Waals surface area contributed by atoms with Gasteiger partial charge in [-0.25, -0.2) is 4.57 Å². The van der Waals surface area contributed by atoms with Crippen LogP contribution in [-0.4, -0.2) is 0 Å². The van der Waals surface area contributed by atoms with Crippen LogP contribution in [0.3, 0.4) is 0 Å². The van der Waals surface area contributed by atoms with Gasteiger partial charge in [0.2, 0.25) is 0 Å². The number of hydrogen-bond acceptors (Lipinski definition) is 1. The molecule has 0 atom stereocenters. The van der Waals surface area contributed by atoms with Crippen molar-refractivity contribution in [2.75, 3.05) is 0 Å². The Morgan fingerprint density at radius 1 is 0.750 bits per heavy atom. The molecule has 0 unspecified atom stereocenters. The van der Waals surface area contributed by atoms with E-state index in [1.807, 2.05) is 24.5 Å². The van der Waals surface area contributed by atoms with E-state index in [0.29, 0.717) is 0 Å². The van der Waals surface area contributed by atoms with Gasteiger partial charge in [-0.05, 0) is 6.42 Å². The summed E-state index contributed by atoms with van der Waals surface area (Å²) in [5.41, 5.74) is 0.742. The van der Waals surface area contributed by atoms with Gasteiger partial charge in [-0.3, -0.25) is 0 Å². The molecule has 0 aliphatic heterocycles. The van der Waals surface area contributed by atoms with Crippen molar-refractivity contribution in [2.24, 2.45) is 0 Å². The van der Waals surface area contributed by atoms with Crippen molar-refractivity contribution in [3.8, 4) is 6.07 Å². The number of nitriles is 1. The highest BCUT2D eigenvalue weighted by atomic mass is 79.9. The molecule has 0 bridgehead atoms. The van der Waals surface area contributed by atoms with Crippen LogP contribution < -0.4 is 21.5 Å². The SMILES string of the molecule is CCCCCCCCCCCCCCC[n+]1ccc(C#N)cc1.[Br-]. The van der Waals surface area contributed by atoms with Gasteiger partial charge < -0.3 is 17.0 Å². The molecule has 0 N–H and O–H groups in total. The standard InChI is InChI=1S/C21H35N2.BrH/c1-2-3-4-5-6-7-8-9-10-11-12-13-14-17-23-18-15-21(20-22)16-19-23;/h15-16,18-19H,2-14,17H2,1H3;1H/q+1;/p-1. The molecule has 0 aliphatic carbocycles. The molecule has 1 aromatic rings. The Balaban J connectivity index is 0.00000529. The summed E-state index contributed by atoms with van der Waals surface area (Å²) in [6.07, 6.45) is 22.2. The minimum atomic E-state index is 0. The van der Waals surface area contributed by atoms with Crippen molar-refractivity contribution >= 4 is 0 Å². The van der Waals surface area contributed by atoms with Gasteiger partial charge >= 0.3 is 0 Å². The van der Waals surface area contributed by atoms with Gasteiger partial charge in [0.25, 0.3) is 0 Å². The third-order valence-corrected chi connectivity index (χ3v) is 4.54. The van der Waals surface area contributed by atoms with Crippen LogP contribution in [0.2, 0.25) is 0 Å². The first-order valence-corrected chi connectivity index (χ1v) is 9.76. The fraction of sp³-hybridized carbons (Fsp3) is 0.714. The molecule has 0 aliphatic rings. The van der Waals surface area contributed by atoms with Crippen molar-refractivity contribution in [1.29, 1.82) is 5.26 Å². The molecule has 0 saturated heterocycles. The predicted octanol–water partition coefficient (Wildman–Crippen LogP) is 2.94. The average molecular weight is 395 g/mol. The highest BCUT2D eigenvalue weighted by Crippen LogP contribution is 2.12. The summed E-state index contributed by atoms with van der Waals surface area (Å²) in [7, 11) is 0. The molecule has 2 nitrogen and oxygen atoms in total. The lowest BCUT2D eigenvalue weighted by Crippen LogP contribution is -3.00. The summed E-state index contributed by atoms with van der Waals surface area (Å²) in [5.74, 6) is 0. The first kappa shape index (κ1) is 23.1. The molecule has 24 heavy (non-hydrogen) atoms. The number of pyridine rings is 1. The minimum absolute atomic E-state index is 0. The van der Waals surface area contributed by atoms with E-state index in [1.165, 1.54) is 83.5 Å². The maximum atomic E-state index is 8.77. The summed E-state index contributed by atoms with van der Waals surface area (Å²) in [4.78, 5) is 0. The molecule has 1 aromatic heterocycles. The molecule has 0 spiro atoms. The van der Waals surface area contributed by atoms with E-state index in [9.17, 15) is 0 Å². The zero-order valence-electron chi connectivity index (χ0n) is 15.5. The van der Waals surface area contributed by atoms with Crippen LogP contribution >= 0.6 is 0 Å². The van der Waals surface area contributed by atoms with E-state index >= 15 is 0 Å². The number of halogens is 1. The first-order chi connectivity index (χ1) is 11.4. The van der Waals surface area contributed by atoms with E-state index < -0.39 is 0 Å². The molecule has 0 fully saturated rings. The van der Waals surface area contributed by atoms with Gasteiger partial charge in [-0.2, -0.15) is 5.26 Å². The quantitative estimate of drug-likeness (QED) is 0.352. The lowest BCUT2D eigenvalue weighted by Gasteiger charge is -2.02. The van der Waals surface area contributed by atoms with Crippen LogP contribution in [0, 0.1) is 11.3 Å². The summed E-state index contributed by atoms with van der Waals surface area (Å²) in [6.45, 7) is 3.35. The van der Waals surface area contributed by atoms with Crippen molar-refractivity contribution in [2.45, 2.75) is 96.9 Å². The van der Waals surface area contributed by atoms with E-state index in [4.69, 9.17) is 5.26 Å². The Morgan fingerprint density at radius 3 is 1.58 bits per heavy atom. The molecule has 0 saturated carbocycles. The monoisotopic (exact) mass is 394 g/mol. The van der Waals surface area contributed by atoms with Crippen molar-refractivity contribution < 1.29 is 21.5 Å². The topological polar surface area (TPSA) is 27.7 Å². The highest BCUT2D eigenvalue weighted by molar-refractivity contribution is 5.23. The fourth-order valence-corrected chi connectivity index (χ4v) is 2.99. The molecule has 1 heterocycles. The Hall–Kier alpha value is -0.880. The molecule has 0 aromatic carbocycles. The maximum Gasteiger partial charge on any atom is 0.170 e. The Labute approximate surface area is 160 Å². The molecular weight excluding hydrogens is 360 g/mol. The van der Waals surface area contributed by atoms with Gasteiger partial charge in [-0.1, -0.05) is 77.6 Å². The predicted molar refractivity (Wildman–Crippen MR) is 97.0 cm³/mol. The lowest BCUT2D eigenvalue weighted by atomic mass is 10.0. The lowest BCUT2D eigenvalue weighted by molar-refractivity contribution is -0.697. The van der Waals surface area contributed by atoms with Crippen LogP contribution in [0.1, 0.15) is 96.0 Å². The second kappa shape index (κ2) is 17.0. The van der Waals surface area contributed by atoms with Crippen LogP contribution in [0.4, 0.5) is 0 Å². The second-order valence-electron chi connectivity index (χ2n) is 6.68.